The van der Waals surface area contributed by atoms with Gasteiger partial charge in [-0.15, -0.1) is 0 Å². The van der Waals surface area contributed by atoms with Gasteiger partial charge in [0.2, 0.25) is 0 Å². The van der Waals surface area contributed by atoms with Gasteiger partial charge in [0.25, 0.3) is 5.56 Å². The van der Waals surface area contributed by atoms with E-state index < -0.39 is 0 Å². The molecule has 0 fully saturated rings. The normalized spacial score (nSPS) is 10.9. The van der Waals surface area contributed by atoms with Crippen LogP contribution in [0.15, 0.2) is 53.5 Å². The van der Waals surface area contributed by atoms with Gasteiger partial charge in [-0.1, -0.05) is 24.3 Å². The SMILES string of the molecule is O=c1cccnn1CC=Cc1ccc(F)cc1. The number of hydrogen-bond acceptors (Lipinski definition) is 2. The van der Waals surface area contributed by atoms with Gasteiger partial charge in [-0.3, -0.25) is 4.79 Å². The first-order valence-corrected chi connectivity index (χ1v) is 5.20. The van der Waals surface area contributed by atoms with Gasteiger partial charge in [0.15, 0.2) is 0 Å². The minimum absolute atomic E-state index is 0.142. The Morgan fingerprint density at radius 3 is 2.71 bits per heavy atom. The third-order valence-electron chi connectivity index (χ3n) is 2.24. The summed E-state index contributed by atoms with van der Waals surface area (Å²) < 4.78 is 14.0. The lowest BCUT2D eigenvalue weighted by atomic mass is 10.2. The maximum absolute atomic E-state index is 12.6. The van der Waals surface area contributed by atoms with Crippen molar-refractivity contribution in [2.24, 2.45) is 0 Å². The summed E-state index contributed by atoms with van der Waals surface area (Å²) in [6.45, 7) is 0.400. The van der Waals surface area contributed by atoms with E-state index in [-0.39, 0.29) is 11.4 Å². The Kier molecular flexibility index (Phi) is 3.45. The first-order chi connectivity index (χ1) is 8.25. The van der Waals surface area contributed by atoms with Crippen molar-refractivity contribution in [1.82, 2.24) is 9.78 Å². The number of aromatic nitrogens is 2. The number of allylic oxidation sites excluding steroid dienone is 1. The monoisotopic (exact) mass is 230 g/mol. The molecule has 0 bridgehead atoms. The van der Waals surface area contributed by atoms with Gasteiger partial charge in [0.05, 0.1) is 6.54 Å². The van der Waals surface area contributed by atoms with Crippen LogP contribution in [0.25, 0.3) is 6.08 Å². The minimum atomic E-state index is -0.261. The molecule has 1 heterocycles. The van der Waals surface area contributed by atoms with Crippen LogP contribution in [0.3, 0.4) is 0 Å². The summed E-state index contributed by atoms with van der Waals surface area (Å²) in [5, 5.41) is 3.92. The fourth-order valence-corrected chi connectivity index (χ4v) is 1.39. The standard InChI is InChI=1S/C13H11FN2O/c14-12-7-5-11(6-8-12)3-2-10-16-13(17)4-1-9-15-16/h1-9H,10H2. The average Bonchev–Trinajstić information content (AvgIpc) is 2.34. The molecule has 0 atom stereocenters. The Labute approximate surface area is 97.8 Å². The smallest absolute Gasteiger partial charge is 0.267 e. The Hall–Kier alpha value is -2.23. The highest BCUT2D eigenvalue weighted by Crippen LogP contribution is 2.04. The highest BCUT2D eigenvalue weighted by molar-refractivity contribution is 5.48. The molecule has 0 saturated carbocycles. The number of hydrogen-bond donors (Lipinski definition) is 0. The van der Waals surface area contributed by atoms with Gasteiger partial charge in [-0.05, 0) is 23.8 Å². The summed E-state index contributed by atoms with van der Waals surface area (Å²) in [7, 11) is 0. The molecule has 86 valence electrons. The molecule has 0 spiro atoms. The van der Waals surface area contributed by atoms with Crippen molar-refractivity contribution >= 4 is 6.08 Å². The van der Waals surface area contributed by atoms with E-state index in [2.05, 4.69) is 5.10 Å². The molecule has 0 radical (unpaired) electrons. The predicted octanol–water partition coefficient (Wildman–Crippen LogP) is 2.10. The number of halogens is 1. The van der Waals surface area contributed by atoms with Gasteiger partial charge in [-0.2, -0.15) is 5.10 Å². The van der Waals surface area contributed by atoms with Gasteiger partial charge < -0.3 is 0 Å². The van der Waals surface area contributed by atoms with Crippen LogP contribution in [-0.4, -0.2) is 9.78 Å². The first kappa shape index (κ1) is 11.3. The van der Waals surface area contributed by atoms with Crippen LogP contribution >= 0.6 is 0 Å². The van der Waals surface area contributed by atoms with E-state index in [0.717, 1.165) is 5.56 Å². The third-order valence-corrected chi connectivity index (χ3v) is 2.24. The number of rotatable bonds is 3. The second-order valence-corrected chi connectivity index (χ2v) is 3.50. The summed E-state index contributed by atoms with van der Waals surface area (Å²) in [5.41, 5.74) is 0.742. The van der Waals surface area contributed by atoms with E-state index in [1.165, 1.54) is 22.9 Å². The van der Waals surface area contributed by atoms with E-state index in [4.69, 9.17) is 0 Å². The Bertz CT molecular complexity index is 572. The van der Waals surface area contributed by atoms with Crippen molar-refractivity contribution in [3.63, 3.8) is 0 Å². The van der Waals surface area contributed by atoms with Crippen LogP contribution < -0.4 is 5.56 Å². The minimum Gasteiger partial charge on any atom is -0.268 e. The van der Waals surface area contributed by atoms with Crippen molar-refractivity contribution in [3.05, 3.63) is 70.4 Å². The molecule has 4 heteroatoms. The van der Waals surface area contributed by atoms with Crippen LogP contribution in [0, 0.1) is 5.82 Å². The molecule has 3 nitrogen and oxygen atoms in total. The molecule has 1 aromatic heterocycles. The van der Waals surface area contributed by atoms with Crippen LogP contribution in [0.1, 0.15) is 5.56 Å². The van der Waals surface area contributed by atoms with Crippen LogP contribution in [0.2, 0.25) is 0 Å². The van der Waals surface area contributed by atoms with Gasteiger partial charge in [-0.25, -0.2) is 9.07 Å². The lowest BCUT2D eigenvalue weighted by Crippen LogP contribution is -2.20. The van der Waals surface area contributed by atoms with Crippen LogP contribution in [0.5, 0.6) is 0 Å². The van der Waals surface area contributed by atoms with E-state index in [1.807, 2.05) is 12.2 Å². The molecule has 0 N–H and O–H groups in total. The topological polar surface area (TPSA) is 34.9 Å². The zero-order chi connectivity index (χ0) is 12.1. The molecule has 0 amide bonds. The highest BCUT2D eigenvalue weighted by Gasteiger charge is 1.92. The molecular weight excluding hydrogens is 219 g/mol. The summed E-state index contributed by atoms with van der Waals surface area (Å²) in [6, 6.07) is 9.19. The second-order valence-electron chi connectivity index (χ2n) is 3.50. The van der Waals surface area contributed by atoms with Gasteiger partial charge >= 0.3 is 0 Å². The molecule has 17 heavy (non-hydrogen) atoms. The van der Waals surface area contributed by atoms with Crippen molar-refractivity contribution in [2.75, 3.05) is 0 Å². The first-order valence-electron chi connectivity index (χ1n) is 5.20. The predicted molar refractivity (Wildman–Crippen MR) is 63.9 cm³/mol. The third kappa shape index (κ3) is 3.11. The molecule has 0 saturated heterocycles. The van der Waals surface area contributed by atoms with Gasteiger partial charge in [0, 0.05) is 12.3 Å². The quantitative estimate of drug-likeness (QED) is 0.809. The van der Waals surface area contributed by atoms with Crippen molar-refractivity contribution < 1.29 is 4.39 Å². The van der Waals surface area contributed by atoms with E-state index in [1.54, 1.807) is 24.4 Å². The Morgan fingerprint density at radius 2 is 2.00 bits per heavy atom. The molecule has 0 aliphatic carbocycles. The number of benzene rings is 1. The average molecular weight is 230 g/mol. The number of nitrogens with zero attached hydrogens (tertiary/aromatic N) is 2. The molecule has 1 aromatic carbocycles. The maximum atomic E-state index is 12.6. The zero-order valence-electron chi connectivity index (χ0n) is 9.08. The summed E-state index contributed by atoms with van der Waals surface area (Å²) >= 11 is 0. The molecule has 0 aliphatic heterocycles. The Morgan fingerprint density at radius 1 is 1.24 bits per heavy atom. The lowest BCUT2D eigenvalue weighted by Gasteiger charge is -1.98. The molecule has 0 unspecified atom stereocenters. The van der Waals surface area contributed by atoms with Crippen LogP contribution in [0.4, 0.5) is 4.39 Å². The molecular formula is C13H11FN2O. The van der Waals surface area contributed by atoms with Crippen LogP contribution in [-0.2, 0) is 6.54 Å². The summed E-state index contributed by atoms with van der Waals surface area (Å²) in [6.07, 6.45) is 5.19. The zero-order valence-corrected chi connectivity index (χ0v) is 9.08. The van der Waals surface area contributed by atoms with Crippen molar-refractivity contribution in [3.8, 4) is 0 Å². The lowest BCUT2D eigenvalue weighted by molar-refractivity contribution is 0.627. The summed E-state index contributed by atoms with van der Waals surface area (Å²) in [4.78, 5) is 11.3. The largest absolute Gasteiger partial charge is 0.268 e. The second kappa shape index (κ2) is 5.21. The van der Waals surface area contributed by atoms with E-state index in [9.17, 15) is 9.18 Å². The highest BCUT2D eigenvalue weighted by atomic mass is 19.1. The summed E-state index contributed by atoms with van der Waals surface area (Å²) in [5.74, 6) is -0.261. The van der Waals surface area contributed by atoms with E-state index >= 15 is 0 Å². The molecule has 2 rings (SSSR count). The van der Waals surface area contributed by atoms with E-state index in [0.29, 0.717) is 6.54 Å². The molecule has 0 aliphatic rings. The fourth-order valence-electron chi connectivity index (χ4n) is 1.39. The Balaban J connectivity index is 2.05. The van der Waals surface area contributed by atoms with Crippen molar-refractivity contribution in [1.29, 1.82) is 0 Å². The molecule has 2 aromatic rings. The van der Waals surface area contributed by atoms with Gasteiger partial charge in [0.1, 0.15) is 5.82 Å². The van der Waals surface area contributed by atoms with Crippen molar-refractivity contribution in [2.45, 2.75) is 6.54 Å². The fraction of sp³-hybridized carbons (Fsp3) is 0.0769. The maximum Gasteiger partial charge on any atom is 0.267 e.